The Bertz CT molecular complexity index is 527. The zero-order valence-electron chi connectivity index (χ0n) is 14.7. The largest absolute Gasteiger partial charge is 0.387 e. The molecule has 0 spiro atoms. The van der Waals surface area contributed by atoms with E-state index in [1.165, 1.54) is 5.69 Å². The number of carbonyl (C=O) groups excluding carboxylic acids is 1. The first-order valence-corrected chi connectivity index (χ1v) is 8.54. The summed E-state index contributed by atoms with van der Waals surface area (Å²) in [5.41, 5.74) is 2.27. The van der Waals surface area contributed by atoms with Crippen LogP contribution in [0.25, 0.3) is 0 Å². The second kappa shape index (κ2) is 7.93. The number of hydrogen-bond donors (Lipinski definition) is 2. The minimum Gasteiger partial charge on any atom is -0.387 e. The van der Waals surface area contributed by atoms with Crippen LogP contribution in [0.5, 0.6) is 0 Å². The maximum Gasteiger partial charge on any atom is 0.245 e. The monoisotopic (exact) mass is 322 g/mol. The van der Waals surface area contributed by atoms with E-state index >= 15 is 0 Å². The third-order valence-corrected chi connectivity index (χ3v) is 4.73. The van der Waals surface area contributed by atoms with Crippen LogP contribution in [0.4, 0.5) is 0 Å². The number of nitrogens with one attached hydrogen (secondary N) is 1. The molecule has 2 N–H and O–H groups in total. The third-order valence-electron chi connectivity index (χ3n) is 4.73. The molecule has 130 valence electrons. The normalized spacial score (nSPS) is 22.0. The van der Waals surface area contributed by atoms with Crippen LogP contribution >= 0.6 is 0 Å². The first-order valence-electron chi connectivity index (χ1n) is 8.54. The van der Waals surface area contributed by atoms with Gasteiger partial charge in [-0.15, -0.1) is 0 Å². The van der Waals surface area contributed by atoms with E-state index in [1.54, 1.807) is 0 Å². The van der Waals surface area contributed by atoms with Gasteiger partial charge in [0.05, 0.1) is 5.69 Å². The number of rotatable bonds is 7. The molecule has 0 bridgehead atoms. The summed E-state index contributed by atoms with van der Waals surface area (Å²) in [5.74, 6) is 0.685. The summed E-state index contributed by atoms with van der Waals surface area (Å²) < 4.78 is 2.07. The van der Waals surface area contributed by atoms with Crippen molar-refractivity contribution in [1.82, 2.24) is 20.0 Å². The van der Waals surface area contributed by atoms with Gasteiger partial charge in [0.15, 0.2) is 0 Å². The Morgan fingerprint density at radius 1 is 1.39 bits per heavy atom. The van der Waals surface area contributed by atoms with Crippen LogP contribution in [0.1, 0.15) is 31.7 Å². The van der Waals surface area contributed by atoms with Gasteiger partial charge in [0.1, 0.15) is 6.61 Å². The molecule has 0 saturated carbocycles. The fourth-order valence-corrected chi connectivity index (χ4v) is 3.52. The van der Waals surface area contributed by atoms with Gasteiger partial charge in [-0.25, -0.2) is 0 Å². The Labute approximate surface area is 138 Å². The molecule has 23 heavy (non-hydrogen) atoms. The summed E-state index contributed by atoms with van der Waals surface area (Å²) in [7, 11) is 0. The Balaban J connectivity index is 1.84. The zero-order chi connectivity index (χ0) is 17.0. The number of carbonyl (C=O) groups is 1. The number of amides is 1. The van der Waals surface area contributed by atoms with E-state index in [0.29, 0.717) is 11.8 Å². The number of hydrogen-bond acceptors (Lipinski definition) is 4. The molecule has 1 fully saturated rings. The maximum absolute atomic E-state index is 11.5. The quantitative estimate of drug-likeness (QED) is 0.784. The van der Waals surface area contributed by atoms with Crippen LogP contribution in [0.3, 0.4) is 0 Å². The van der Waals surface area contributed by atoms with Crippen LogP contribution in [0.15, 0.2) is 6.07 Å². The highest BCUT2D eigenvalue weighted by molar-refractivity contribution is 5.77. The van der Waals surface area contributed by atoms with Crippen molar-refractivity contribution in [2.45, 2.75) is 46.7 Å². The smallest absolute Gasteiger partial charge is 0.245 e. The lowest BCUT2D eigenvalue weighted by Gasteiger charge is -2.22. The molecule has 0 aliphatic carbocycles. The Morgan fingerprint density at radius 2 is 2.13 bits per heavy atom. The van der Waals surface area contributed by atoms with Gasteiger partial charge in [0, 0.05) is 31.4 Å². The molecule has 2 atom stereocenters. The number of aromatic nitrogens is 2. The van der Waals surface area contributed by atoms with Gasteiger partial charge < -0.3 is 15.3 Å². The molecule has 1 aliphatic heterocycles. The zero-order valence-corrected chi connectivity index (χ0v) is 14.7. The number of nitrogens with zero attached hydrogens (tertiary/aromatic N) is 3. The third kappa shape index (κ3) is 4.78. The van der Waals surface area contributed by atoms with Crippen molar-refractivity contribution in [3.8, 4) is 0 Å². The standard InChI is InChI=1S/C17H30N4O2/c1-12(2)15-9-20(10-16(15)18-17(23)11-22)6-5-7-21-14(4)8-13(3)19-21/h8,12,15-16,22H,5-7,9-11H2,1-4H3,(H,18,23)/t15-,16+/m0/s1. The molecule has 1 aromatic heterocycles. The van der Waals surface area contributed by atoms with Crippen LogP contribution < -0.4 is 5.32 Å². The summed E-state index contributed by atoms with van der Waals surface area (Å²) >= 11 is 0. The van der Waals surface area contributed by atoms with Gasteiger partial charge in [0.25, 0.3) is 0 Å². The van der Waals surface area contributed by atoms with Crippen molar-refractivity contribution in [3.05, 3.63) is 17.5 Å². The van der Waals surface area contributed by atoms with Crippen molar-refractivity contribution in [1.29, 1.82) is 0 Å². The van der Waals surface area contributed by atoms with Crippen molar-refractivity contribution in [3.63, 3.8) is 0 Å². The van der Waals surface area contributed by atoms with Crippen LogP contribution in [0, 0.1) is 25.7 Å². The van der Waals surface area contributed by atoms with Crippen molar-refractivity contribution in [2.75, 3.05) is 26.2 Å². The molecule has 0 unspecified atom stereocenters. The first kappa shape index (κ1) is 17.9. The van der Waals surface area contributed by atoms with Crippen LogP contribution in [-0.4, -0.2) is 58.0 Å². The number of likely N-dealkylation sites (tertiary alicyclic amines) is 1. The van der Waals surface area contributed by atoms with E-state index in [9.17, 15) is 4.79 Å². The fraction of sp³-hybridized carbons (Fsp3) is 0.765. The minimum atomic E-state index is -0.431. The minimum absolute atomic E-state index is 0.142. The number of aryl methyl sites for hydroxylation is 3. The van der Waals surface area contributed by atoms with Gasteiger partial charge in [0.2, 0.25) is 5.91 Å². The van der Waals surface area contributed by atoms with Gasteiger partial charge in [-0.1, -0.05) is 13.8 Å². The van der Waals surface area contributed by atoms with Gasteiger partial charge in [-0.05, 0) is 44.7 Å². The molecule has 6 nitrogen and oxygen atoms in total. The molecular weight excluding hydrogens is 292 g/mol. The highest BCUT2D eigenvalue weighted by Gasteiger charge is 2.35. The average Bonchev–Trinajstić information content (AvgIpc) is 3.02. The number of aliphatic hydroxyl groups is 1. The molecule has 1 amide bonds. The van der Waals surface area contributed by atoms with Crippen molar-refractivity contribution < 1.29 is 9.90 Å². The van der Waals surface area contributed by atoms with E-state index in [0.717, 1.165) is 38.3 Å². The second-order valence-electron chi connectivity index (χ2n) is 7.00. The summed E-state index contributed by atoms with van der Waals surface area (Å²) in [6.45, 7) is 11.9. The number of aliphatic hydroxyl groups excluding tert-OH is 1. The molecule has 1 saturated heterocycles. The van der Waals surface area contributed by atoms with Crippen molar-refractivity contribution in [2.24, 2.45) is 11.8 Å². The second-order valence-corrected chi connectivity index (χ2v) is 7.00. The summed E-state index contributed by atoms with van der Waals surface area (Å²) in [4.78, 5) is 13.9. The predicted molar refractivity (Wildman–Crippen MR) is 90.1 cm³/mol. The van der Waals surface area contributed by atoms with Gasteiger partial charge >= 0.3 is 0 Å². The first-order chi connectivity index (χ1) is 10.9. The van der Waals surface area contributed by atoms with E-state index < -0.39 is 6.61 Å². The maximum atomic E-state index is 11.5. The Morgan fingerprint density at radius 3 is 2.70 bits per heavy atom. The molecule has 1 aromatic rings. The molecule has 0 aromatic carbocycles. The summed E-state index contributed by atoms with van der Waals surface area (Å²) in [6.07, 6.45) is 1.05. The molecule has 0 radical (unpaired) electrons. The van der Waals surface area contributed by atoms with E-state index in [-0.39, 0.29) is 11.9 Å². The van der Waals surface area contributed by atoms with Gasteiger partial charge in [-0.2, -0.15) is 5.10 Å². The van der Waals surface area contributed by atoms with E-state index in [1.807, 2.05) is 6.92 Å². The van der Waals surface area contributed by atoms with E-state index in [2.05, 4.69) is 46.8 Å². The molecule has 2 rings (SSSR count). The molecule has 6 heteroatoms. The van der Waals surface area contributed by atoms with Crippen LogP contribution in [0.2, 0.25) is 0 Å². The Kier molecular flexibility index (Phi) is 6.18. The highest BCUT2D eigenvalue weighted by Crippen LogP contribution is 2.24. The fourth-order valence-electron chi connectivity index (χ4n) is 3.52. The molecule has 2 heterocycles. The summed E-state index contributed by atoms with van der Waals surface area (Å²) in [5, 5.41) is 16.4. The topological polar surface area (TPSA) is 70.4 Å². The predicted octanol–water partition coefficient (Wildman–Crippen LogP) is 0.955. The lowest BCUT2D eigenvalue weighted by atomic mass is 9.91. The van der Waals surface area contributed by atoms with Crippen LogP contribution in [-0.2, 0) is 11.3 Å². The van der Waals surface area contributed by atoms with Gasteiger partial charge in [-0.3, -0.25) is 9.48 Å². The molecule has 1 aliphatic rings. The summed E-state index contributed by atoms with van der Waals surface area (Å²) in [6, 6.07) is 2.24. The lowest BCUT2D eigenvalue weighted by Crippen LogP contribution is -2.43. The van der Waals surface area contributed by atoms with E-state index in [4.69, 9.17) is 5.11 Å². The van der Waals surface area contributed by atoms with Crippen molar-refractivity contribution >= 4 is 5.91 Å². The lowest BCUT2D eigenvalue weighted by molar-refractivity contribution is -0.124. The highest BCUT2D eigenvalue weighted by atomic mass is 16.3. The molecular formula is C17H30N4O2. The SMILES string of the molecule is Cc1cc(C)n(CCCN2C[C@@H](NC(=O)CO)[C@H](C(C)C)C2)n1. The average molecular weight is 322 g/mol. The Hall–Kier alpha value is -1.40.